The summed E-state index contributed by atoms with van der Waals surface area (Å²) in [5, 5.41) is 4.73. The molecule has 0 spiro atoms. The van der Waals surface area contributed by atoms with E-state index in [-0.39, 0.29) is 11.0 Å². The first-order valence-corrected chi connectivity index (χ1v) is 8.45. The second-order valence-electron chi connectivity index (χ2n) is 7.18. The lowest BCUT2D eigenvalue weighted by Crippen LogP contribution is -2.14. The third-order valence-corrected chi connectivity index (χ3v) is 3.83. The molecule has 0 saturated carbocycles. The molecule has 0 unspecified atom stereocenters. The first-order chi connectivity index (χ1) is 12.3. The van der Waals surface area contributed by atoms with Gasteiger partial charge in [-0.15, -0.1) is 0 Å². The highest BCUT2D eigenvalue weighted by atomic mass is 19.1. The molecule has 3 aromatic rings. The van der Waals surface area contributed by atoms with Gasteiger partial charge in [0.25, 0.3) is 5.91 Å². The van der Waals surface area contributed by atoms with E-state index in [2.05, 4.69) is 17.2 Å². The normalized spacial score (nSPS) is 10.9. The fourth-order valence-electron chi connectivity index (χ4n) is 2.56. The van der Waals surface area contributed by atoms with Crippen molar-refractivity contribution in [3.63, 3.8) is 0 Å². The Labute approximate surface area is 153 Å². The van der Waals surface area contributed by atoms with Gasteiger partial charge in [-0.25, -0.2) is 4.39 Å². The molecule has 1 amide bonds. The van der Waals surface area contributed by atoms with Gasteiger partial charge in [-0.2, -0.15) is 0 Å². The maximum atomic E-state index is 14.4. The van der Waals surface area contributed by atoms with Crippen molar-refractivity contribution < 1.29 is 9.18 Å². The molecule has 0 atom stereocenters. The van der Waals surface area contributed by atoms with Crippen LogP contribution >= 0.6 is 0 Å². The summed E-state index contributed by atoms with van der Waals surface area (Å²) in [4.78, 5) is 12.5. The first-order valence-electron chi connectivity index (χ1n) is 8.45. The molecule has 0 aromatic heterocycles. The highest BCUT2D eigenvalue weighted by Gasteiger charge is 2.13. The van der Waals surface area contributed by atoms with E-state index < -0.39 is 11.7 Å². The van der Waals surface area contributed by atoms with Gasteiger partial charge in [0, 0.05) is 22.1 Å². The molecular formula is C23H20FNO. The standard InChI is InChI=1S/C23H20FNO/c1-23(2,3)14-13-16-11-12-19(20(24)15-16)22(26)25-21-10-6-8-17-7-4-5-9-18(17)21/h4-12,15H,1-3H3,(H,25,26). The fraction of sp³-hybridized carbons (Fsp3) is 0.174. The molecule has 3 rings (SSSR count). The summed E-state index contributed by atoms with van der Waals surface area (Å²) in [6, 6.07) is 17.8. The predicted molar refractivity (Wildman–Crippen MR) is 105 cm³/mol. The van der Waals surface area contributed by atoms with Gasteiger partial charge in [0.15, 0.2) is 0 Å². The highest BCUT2D eigenvalue weighted by molar-refractivity contribution is 6.09. The van der Waals surface area contributed by atoms with Crippen LogP contribution in [0.5, 0.6) is 0 Å². The van der Waals surface area contributed by atoms with Gasteiger partial charge in [0.2, 0.25) is 0 Å². The zero-order valence-electron chi connectivity index (χ0n) is 15.1. The highest BCUT2D eigenvalue weighted by Crippen LogP contribution is 2.24. The van der Waals surface area contributed by atoms with E-state index in [1.54, 1.807) is 12.1 Å². The van der Waals surface area contributed by atoms with E-state index in [1.165, 1.54) is 12.1 Å². The summed E-state index contributed by atoms with van der Waals surface area (Å²) in [6.45, 7) is 5.97. The topological polar surface area (TPSA) is 29.1 Å². The number of nitrogens with one attached hydrogen (secondary N) is 1. The summed E-state index contributed by atoms with van der Waals surface area (Å²) in [6.07, 6.45) is 0. The average molecular weight is 345 g/mol. The SMILES string of the molecule is CC(C)(C)C#Cc1ccc(C(=O)Nc2cccc3ccccc23)c(F)c1. The number of fused-ring (bicyclic) bond motifs is 1. The number of amides is 1. The molecule has 2 nitrogen and oxygen atoms in total. The van der Waals surface area contributed by atoms with Crippen LogP contribution in [0.1, 0.15) is 36.7 Å². The van der Waals surface area contributed by atoms with Crippen LogP contribution in [0.4, 0.5) is 10.1 Å². The summed E-state index contributed by atoms with van der Waals surface area (Å²) < 4.78 is 14.4. The lowest BCUT2D eigenvalue weighted by Gasteiger charge is -2.10. The summed E-state index contributed by atoms with van der Waals surface area (Å²) >= 11 is 0. The third-order valence-electron chi connectivity index (χ3n) is 3.83. The molecule has 1 N–H and O–H groups in total. The fourth-order valence-corrected chi connectivity index (χ4v) is 2.56. The van der Waals surface area contributed by atoms with Crippen LogP contribution in [0.25, 0.3) is 10.8 Å². The zero-order chi connectivity index (χ0) is 18.7. The van der Waals surface area contributed by atoms with E-state index in [0.29, 0.717) is 11.3 Å². The van der Waals surface area contributed by atoms with Crippen LogP contribution < -0.4 is 5.32 Å². The molecule has 26 heavy (non-hydrogen) atoms. The minimum Gasteiger partial charge on any atom is -0.321 e. The molecule has 3 aromatic carbocycles. The number of hydrogen-bond acceptors (Lipinski definition) is 1. The molecule has 0 aliphatic carbocycles. The second-order valence-corrected chi connectivity index (χ2v) is 7.18. The number of carbonyl (C=O) groups is 1. The quantitative estimate of drug-likeness (QED) is 0.599. The van der Waals surface area contributed by atoms with Crippen molar-refractivity contribution in [2.24, 2.45) is 5.41 Å². The molecule has 0 radical (unpaired) electrons. The van der Waals surface area contributed by atoms with Gasteiger partial charge in [0.05, 0.1) is 5.56 Å². The van der Waals surface area contributed by atoms with Gasteiger partial charge in [0.1, 0.15) is 5.82 Å². The lowest BCUT2D eigenvalue weighted by atomic mass is 9.97. The average Bonchev–Trinajstić information content (AvgIpc) is 2.59. The van der Waals surface area contributed by atoms with Crippen molar-refractivity contribution in [3.8, 4) is 11.8 Å². The van der Waals surface area contributed by atoms with Crippen LogP contribution in [0, 0.1) is 23.1 Å². The van der Waals surface area contributed by atoms with Gasteiger partial charge < -0.3 is 5.32 Å². The number of benzene rings is 3. The van der Waals surface area contributed by atoms with Gasteiger partial charge in [-0.05, 0) is 50.4 Å². The van der Waals surface area contributed by atoms with Crippen molar-refractivity contribution >= 4 is 22.4 Å². The molecular weight excluding hydrogens is 325 g/mol. The Kier molecular flexibility index (Phi) is 4.77. The smallest absolute Gasteiger partial charge is 0.258 e. The summed E-state index contributed by atoms with van der Waals surface area (Å²) in [5.41, 5.74) is 1.04. The number of halogens is 1. The van der Waals surface area contributed by atoms with Crippen molar-refractivity contribution in [1.82, 2.24) is 0 Å². The van der Waals surface area contributed by atoms with E-state index in [1.807, 2.05) is 57.2 Å². The zero-order valence-corrected chi connectivity index (χ0v) is 15.1. The minimum absolute atomic E-state index is 0.000701. The molecule has 0 saturated heterocycles. The molecule has 0 fully saturated rings. The Morgan fingerprint density at radius 2 is 1.73 bits per heavy atom. The van der Waals surface area contributed by atoms with E-state index in [9.17, 15) is 9.18 Å². The first kappa shape index (κ1) is 17.7. The van der Waals surface area contributed by atoms with E-state index >= 15 is 0 Å². The third kappa shape index (κ3) is 4.10. The number of hydrogen-bond donors (Lipinski definition) is 1. The van der Waals surface area contributed by atoms with Crippen molar-refractivity contribution in [2.45, 2.75) is 20.8 Å². The van der Waals surface area contributed by atoms with Crippen molar-refractivity contribution in [2.75, 3.05) is 5.32 Å². The van der Waals surface area contributed by atoms with Crippen molar-refractivity contribution in [1.29, 1.82) is 0 Å². The van der Waals surface area contributed by atoms with Gasteiger partial charge in [-0.3, -0.25) is 4.79 Å². The number of anilines is 1. The van der Waals surface area contributed by atoms with Crippen LogP contribution in [-0.4, -0.2) is 5.91 Å². The van der Waals surface area contributed by atoms with Crippen LogP contribution in [0.2, 0.25) is 0 Å². The minimum atomic E-state index is -0.580. The second kappa shape index (κ2) is 7.01. The molecule has 0 aliphatic heterocycles. The molecule has 0 aliphatic rings. The van der Waals surface area contributed by atoms with E-state index in [0.717, 1.165) is 10.8 Å². The monoisotopic (exact) mass is 345 g/mol. The summed E-state index contributed by atoms with van der Waals surface area (Å²) in [5.74, 6) is 4.94. The van der Waals surface area contributed by atoms with Crippen LogP contribution in [0.15, 0.2) is 60.7 Å². The molecule has 0 bridgehead atoms. The maximum Gasteiger partial charge on any atom is 0.258 e. The van der Waals surface area contributed by atoms with E-state index in [4.69, 9.17) is 0 Å². The van der Waals surface area contributed by atoms with Crippen LogP contribution in [0.3, 0.4) is 0 Å². The molecule has 3 heteroatoms. The molecule has 0 heterocycles. The van der Waals surface area contributed by atoms with Crippen molar-refractivity contribution in [3.05, 3.63) is 77.6 Å². The Bertz CT molecular complexity index is 1030. The van der Waals surface area contributed by atoms with Crippen LogP contribution in [-0.2, 0) is 0 Å². The van der Waals surface area contributed by atoms with Gasteiger partial charge in [-0.1, -0.05) is 48.2 Å². The Hall–Kier alpha value is -3.12. The number of carbonyl (C=O) groups excluding carboxylic acids is 1. The largest absolute Gasteiger partial charge is 0.321 e. The lowest BCUT2D eigenvalue weighted by molar-refractivity contribution is 0.102. The Balaban J connectivity index is 1.87. The predicted octanol–water partition coefficient (Wildman–Crippen LogP) is 5.63. The van der Waals surface area contributed by atoms with Gasteiger partial charge >= 0.3 is 0 Å². The summed E-state index contributed by atoms with van der Waals surface area (Å²) in [7, 11) is 0. The number of rotatable bonds is 2. The Morgan fingerprint density at radius 3 is 2.46 bits per heavy atom. The maximum absolute atomic E-state index is 14.4. The molecule has 130 valence electrons. The Morgan fingerprint density at radius 1 is 1.00 bits per heavy atom.